The molecule has 0 saturated heterocycles. The molecule has 0 aliphatic carbocycles. The molecule has 2 aromatic rings. The molecule has 6 heteroatoms. The summed E-state index contributed by atoms with van der Waals surface area (Å²) in [5, 5.41) is 7.20. The maximum atomic E-state index is 13.5. The van der Waals surface area contributed by atoms with E-state index in [9.17, 15) is 4.39 Å². The van der Waals surface area contributed by atoms with Gasteiger partial charge >= 0.3 is 0 Å². The molecular formula is C17H18FN3OS. The Hall–Kier alpha value is -2.47. The highest BCUT2D eigenvalue weighted by atomic mass is 32.1. The maximum Gasteiger partial charge on any atom is 0.191 e. The predicted octanol–water partition coefficient (Wildman–Crippen LogP) is 3.74. The Kier molecular flexibility index (Phi) is 6.05. The van der Waals surface area contributed by atoms with Gasteiger partial charge in [-0.05, 0) is 49.0 Å². The summed E-state index contributed by atoms with van der Waals surface area (Å²) in [4.78, 5) is 0. The monoisotopic (exact) mass is 331 g/mol. The van der Waals surface area contributed by atoms with Gasteiger partial charge in [-0.15, -0.1) is 0 Å². The van der Waals surface area contributed by atoms with Gasteiger partial charge in [0.15, 0.2) is 5.11 Å². The third-order valence-corrected chi connectivity index (χ3v) is 3.28. The lowest BCUT2D eigenvalue weighted by Gasteiger charge is -2.09. The van der Waals surface area contributed by atoms with Crippen LogP contribution in [0.2, 0.25) is 0 Å². The lowest BCUT2D eigenvalue weighted by Crippen LogP contribution is -2.25. The molecule has 2 aromatic carbocycles. The average molecular weight is 331 g/mol. The third-order valence-electron chi connectivity index (χ3n) is 3.09. The predicted molar refractivity (Wildman–Crippen MR) is 95.6 cm³/mol. The van der Waals surface area contributed by atoms with Crippen LogP contribution in [0, 0.1) is 5.82 Å². The SMILES string of the molecule is COc1ccc(CC(C)=NNC(=S)Nc2ccccc2F)cc1. The highest BCUT2D eigenvalue weighted by Crippen LogP contribution is 2.13. The van der Waals surface area contributed by atoms with Crippen molar-refractivity contribution in [3.63, 3.8) is 0 Å². The number of methoxy groups -OCH3 is 1. The van der Waals surface area contributed by atoms with Crippen molar-refractivity contribution in [2.24, 2.45) is 5.10 Å². The van der Waals surface area contributed by atoms with E-state index < -0.39 is 0 Å². The molecule has 0 atom stereocenters. The highest BCUT2D eigenvalue weighted by Gasteiger charge is 2.02. The molecular weight excluding hydrogens is 313 g/mol. The lowest BCUT2D eigenvalue weighted by atomic mass is 10.1. The van der Waals surface area contributed by atoms with Crippen LogP contribution in [0.25, 0.3) is 0 Å². The van der Waals surface area contributed by atoms with Crippen LogP contribution in [0.15, 0.2) is 53.6 Å². The van der Waals surface area contributed by atoms with Crippen molar-refractivity contribution in [2.75, 3.05) is 12.4 Å². The summed E-state index contributed by atoms with van der Waals surface area (Å²) in [6, 6.07) is 14.1. The topological polar surface area (TPSA) is 45.6 Å². The molecule has 120 valence electrons. The number of nitrogens with zero attached hydrogens (tertiary/aromatic N) is 1. The number of thiocarbonyl (C=S) groups is 1. The van der Waals surface area contributed by atoms with E-state index in [4.69, 9.17) is 17.0 Å². The summed E-state index contributed by atoms with van der Waals surface area (Å²) in [5.41, 5.74) is 5.00. The first-order chi connectivity index (χ1) is 11.1. The number of para-hydroxylation sites is 1. The standard InChI is InChI=1S/C17H18FN3OS/c1-12(11-13-7-9-14(22-2)10-8-13)20-21-17(23)19-16-6-4-3-5-15(16)18/h3-10H,11H2,1-2H3,(H2,19,21,23). The molecule has 0 fully saturated rings. The highest BCUT2D eigenvalue weighted by molar-refractivity contribution is 7.80. The molecule has 0 unspecified atom stereocenters. The smallest absolute Gasteiger partial charge is 0.191 e. The Bertz CT molecular complexity index is 701. The summed E-state index contributed by atoms with van der Waals surface area (Å²) < 4.78 is 18.6. The molecule has 0 spiro atoms. The van der Waals surface area contributed by atoms with E-state index in [1.807, 2.05) is 31.2 Å². The summed E-state index contributed by atoms with van der Waals surface area (Å²) in [6.45, 7) is 1.89. The zero-order valence-electron chi connectivity index (χ0n) is 13.0. The van der Waals surface area contributed by atoms with Gasteiger partial charge < -0.3 is 10.1 Å². The summed E-state index contributed by atoms with van der Waals surface area (Å²) in [6.07, 6.45) is 0.680. The van der Waals surface area contributed by atoms with Gasteiger partial charge in [0.25, 0.3) is 0 Å². The lowest BCUT2D eigenvalue weighted by molar-refractivity contribution is 0.414. The number of halogens is 1. The second kappa shape index (κ2) is 8.24. The van der Waals surface area contributed by atoms with Crippen molar-refractivity contribution >= 4 is 28.7 Å². The van der Waals surface area contributed by atoms with Gasteiger partial charge in [0.05, 0.1) is 12.8 Å². The van der Waals surface area contributed by atoms with Gasteiger partial charge in [-0.1, -0.05) is 24.3 Å². The fraction of sp³-hybridized carbons (Fsp3) is 0.176. The van der Waals surface area contributed by atoms with Crippen molar-refractivity contribution in [3.05, 3.63) is 59.9 Å². The normalized spacial score (nSPS) is 11.0. The Morgan fingerprint density at radius 2 is 1.87 bits per heavy atom. The van der Waals surface area contributed by atoms with Crippen molar-refractivity contribution < 1.29 is 9.13 Å². The molecule has 2 rings (SSSR count). The van der Waals surface area contributed by atoms with Crippen LogP contribution in [0.5, 0.6) is 5.75 Å². The maximum absolute atomic E-state index is 13.5. The molecule has 4 nitrogen and oxygen atoms in total. The molecule has 0 radical (unpaired) electrons. The zero-order valence-corrected chi connectivity index (χ0v) is 13.8. The summed E-state index contributed by atoms with van der Waals surface area (Å²) in [5.74, 6) is 0.451. The van der Waals surface area contributed by atoms with E-state index in [1.54, 1.807) is 25.3 Å². The molecule has 0 bridgehead atoms. The number of ether oxygens (including phenoxy) is 1. The minimum Gasteiger partial charge on any atom is -0.497 e. The number of hydrogen-bond donors (Lipinski definition) is 2. The molecule has 0 amide bonds. The molecule has 0 heterocycles. The second-order valence-corrected chi connectivity index (χ2v) is 5.33. The van der Waals surface area contributed by atoms with Crippen molar-refractivity contribution in [1.82, 2.24) is 5.43 Å². The molecule has 0 saturated carbocycles. The number of rotatable bonds is 5. The Balaban J connectivity index is 1.88. The van der Waals surface area contributed by atoms with Gasteiger partial charge in [-0.2, -0.15) is 5.10 Å². The van der Waals surface area contributed by atoms with Crippen LogP contribution in [0.1, 0.15) is 12.5 Å². The van der Waals surface area contributed by atoms with Crippen molar-refractivity contribution in [3.8, 4) is 5.75 Å². The Labute approximate surface area is 140 Å². The second-order valence-electron chi connectivity index (χ2n) is 4.92. The number of hydrazone groups is 1. The van der Waals surface area contributed by atoms with Crippen LogP contribution < -0.4 is 15.5 Å². The Morgan fingerprint density at radius 1 is 1.17 bits per heavy atom. The number of benzene rings is 2. The first-order valence-electron chi connectivity index (χ1n) is 7.06. The van der Waals surface area contributed by atoms with Gasteiger partial charge in [0.1, 0.15) is 11.6 Å². The largest absolute Gasteiger partial charge is 0.497 e. The van der Waals surface area contributed by atoms with E-state index in [-0.39, 0.29) is 10.9 Å². The fourth-order valence-corrected chi connectivity index (χ4v) is 2.09. The van der Waals surface area contributed by atoms with Crippen molar-refractivity contribution in [2.45, 2.75) is 13.3 Å². The minimum absolute atomic E-state index is 0.240. The number of nitrogens with one attached hydrogen (secondary N) is 2. The quantitative estimate of drug-likeness (QED) is 0.498. The summed E-state index contributed by atoms with van der Waals surface area (Å²) >= 11 is 5.10. The van der Waals surface area contributed by atoms with E-state index in [0.717, 1.165) is 17.0 Å². The van der Waals surface area contributed by atoms with Crippen LogP contribution in [0.3, 0.4) is 0 Å². The molecule has 0 aliphatic heterocycles. The van der Waals surface area contributed by atoms with Gasteiger partial charge in [-0.3, -0.25) is 5.43 Å². The van der Waals surface area contributed by atoms with Gasteiger partial charge in [0, 0.05) is 12.1 Å². The van der Waals surface area contributed by atoms with Crippen LogP contribution in [-0.4, -0.2) is 17.9 Å². The average Bonchev–Trinajstić information content (AvgIpc) is 2.56. The van der Waals surface area contributed by atoms with Crippen LogP contribution in [-0.2, 0) is 6.42 Å². The minimum atomic E-state index is -0.365. The van der Waals surface area contributed by atoms with E-state index in [2.05, 4.69) is 15.8 Å². The molecule has 0 aromatic heterocycles. The molecule has 0 aliphatic rings. The van der Waals surface area contributed by atoms with E-state index in [1.165, 1.54) is 6.07 Å². The fourth-order valence-electron chi connectivity index (χ4n) is 1.94. The van der Waals surface area contributed by atoms with Gasteiger partial charge in [0.2, 0.25) is 0 Å². The van der Waals surface area contributed by atoms with Crippen LogP contribution >= 0.6 is 12.2 Å². The van der Waals surface area contributed by atoms with E-state index >= 15 is 0 Å². The first-order valence-corrected chi connectivity index (χ1v) is 7.47. The number of hydrogen-bond acceptors (Lipinski definition) is 3. The Morgan fingerprint density at radius 3 is 2.52 bits per heavy atom. The van der Waals surface area contributed by atoms with E-state index in [0.29, 0.717) is 12.1 Å². The number of anilines is 1. The van der Waals surface area contributed by atoms with Crippen LogP contribution in [0.4, 0.5) is 10.1 Å². The third kappa shape index (κ3) is 5.34. The summed E-state index contributed by atoms with van der Waals surface area (Å²) in [7, 11) is 1.63. The zero-order chi connectivity index (χ0) is 16.7. The molecule has 2 N–H and O–H groups in total. The first kappa shape index (κ1) is 16.9. The van der Waals surface area contributed by atoms with Crippen molar-refractivity contribution in [1.29, 1.82) is 0 Å². The molecule has 23 heavy (non-hydrogen) atoms. The van der Waals surface area contributed by atoms with Gasteiger partial charge in [-0.25, -0.2) is 4.39 Å².